The van der Waals surface area contributed by atoms with Crippen molar-refractivity contribution in [3.8, 4) is 0 Å². The maximum Gasteiger partial charge on any atom is 0.303 e. The van der Waals surface area contributed by atoms with Crippen molar-refractivity contribution in [2.24, 2.45) is 0 Å². The van der Waals surface area contributed by atoms with E-state index in [1.807, 2.05) is 37.3 Å². The molecule has 0 radical (unpaired) electrons. The lowest BCUT2D eigenvalue weighted by molar-refractivity contribution is -0.167. The molecule has 1 aliphatic rings. The van der Waals surface area contributed by atoms with Gasteiger partial charge in [-0.3, -0.25) is 9.59 Å². The van der Waals surface area contributed by atoms with Gasteiger partial charge in [0.1, 0.15) is 12.2 Å². The van der Waals surface area contributed by atoms with Gasteiger partial charge in [0.2, 0.25) is 0 Å². The summed E-state index contributed by atoms with van der Waals surface area (Å²) in [6, 6.07) is 9.28. The van der Waals surface area contributed by atoms with E-state index in [-0.39, 0.29) is 11.3 Å². The molecule has 27 heavy (non-hydrogen) atoms. The summed E-state index contributed by atoms with van der Waals surface area (Å²) < 4.78 is 17.3. The zero-order valence-electron chi connectivity index (χ0n) is 16.0. The summed E-state index contributed by atoms with van der Waals surface area (Å²) in [4.78, 5) is 28.5. The summed E-state index contributed by atoms with van der Waals surface area (Å²) in [7, 11) is 1.50. The van der Waals surface area contributed by atoms with Crippen LogP contribution >= 0.6 is 11.8 Å². The van der Waals surface area contributed by atoms with Crippen LogP contribution in [-0.4, -0.2) is 54.4 Å². The number of rotatable bonds is 9. The minimum absolute atomic E-state index is 0.191. The molecule has 8 heteroatoms. The van der Waals surface area contributed by atoms with Crippen LogP contribution in [-0.2, 0) is 35.2 Å². The van der Waals surface area contributed by atoms with Gasteiger partial charge in [0, 0.05) is 13.8 Å². The van der Waals surface area contributed by atoms with E-state index in [1.54, 1.807) is 11.8 Å². The van der Waals surface area contributed by atoms with E-state index in [9.17, 15) is 9.59 Å². The van der Waals surface area contributed by atoms with E-state index in [0.717, 1.165) is 11.3 Å². The van der Waals surface area contributed by atoms with Crippen LogP contribution in [0, 0.1) is 0 Å². The molecule has 0 aliphatic heterocycles. The number of benzene rings is 1. The highest BCUT2D eigenvalue weighted by Crippen LogP contribution is 2.37. The minimum atomic E-state index is -0.653. The van der Waals surface area contributed by atoms with Gasteiger partial charge in [-0.25, -0.2) is 0 Å². The number of carbonyl (C=O) groups is 2. The first kappa shape index (κ1) is 21.7. The zero-order valence-corrected chi connectivity index (χ0v) is 16.9. The van der Waals surface area contributed by atoms with Crippen molar-refractivity contribution in [2.75, 3.05) is 12.9 Å². The fourth-order valence-electron chi connectivity index (χ4n) is 3.24. The number of hydrogen-bond acceptors (Lipinski definition) is 8. The average Bonchev–Trinajstić information content (AvgIpc) is 2.87. The van der Waals surface area contributed by atoms with E-state index in [0.29, 0.717) is 6.61 Å². The molecule has 1 saturated carbocycles. The Labute approximate surface area is 164 Å². The third-order valence-electron chi connectivity index (χ3n) is 4.18. The van der Waals surface area contributed by atoms with Crippen LogP contribution in [0.15, 0.2) is 30.3 Å². The molecule has 0 unspecified atom stereocenters. The Balaban J connectivity index is 2.30. The van der Waals surface area contributed by atoms with Gasteiger partial charge in [0.15, 0.2) is 6.10 Å². The molecule has 1 fully saturated rings. The largest absolute Gasteiger partial charge is 0.458 e. The normalized spacial score (nSPS) is 27.3. The molecule has 5 atom stereocenters. The van der Waals surface area contributed by atoms with Crippen LogP contribution in [0.2, 0.25) is 0 Å². The lowest BCUT2D eigenvalue weighted by Crippen LogP contribution is -2.46. The van der Waals surface area contributed by atoms with E-state index >= 15 is 0 Å². The topological polar surface area (TPSA) is 83.1 Å². The van der Waals surface area contributed by atoms with E-state index in [2.05, 4.69) is 5.48 Å². The molecule has 0 bridgehead atoms. The van der Waals surface area contributed by atoms with Crippen LogP contribution in [0.1, 0.15) is 26.3 Å². The standard InChI is InChI=1S/C19H27NO6S/c1-5-27-19-15(20-23-4)16(25-12(2)21)17(18(19)26-13(3)22)24-11-14-9-7-6-8-10-14/h6-10,15-20H,5,11H2,1-4H3/t15-,16-,17-,18-,19-/m1/s1. The van der Waals surface area contributed by atoms with Crippen LogP contribution in [0.5, 0.6) is 0 Å². The van der Waals surface area contributed by atoms with Gasteiger partial charge in [0.05, 0.1) is 25.0 Å². The molecule has 1 N–H and O–H groups in total. The second-order valence-electron chi connectivity index (χ2n) is 6.18. The lowest BCUT2D eigenvalue weighted by Gasteiger charge is -2.26. The number of hydrogen-bond donors (Lipinski definition) is 1. The Kier molecular flexibility index (Phi) is 8.56. The number of carbonyl (C=O) groups excluding carboxylic acids is 2. The van der Waals surface area contributed by atoms with Crippen LogP contribution in [0.4, 0.5) is 0 Å². The third-order valence-corrected chi connectivity index (χ3v) is 5.46. The molecular formula is C19H27NO6S. The SMILES string of the molecule is CCS[C@@H]1[C@H](NOC)[C@@H](OC(C)=O)[C@@H](OCc2ccccc2)[C@H]1OC(C)=O. The molecule has 0 heterocycles. The highest BCUT2D eigenvalue weighted by Gasteiger charge is 2.55. The van der Waals surface area contributed by atoms with Crippen molar-refractivity contribution in [2.45, 2.75) is 57.0 Å². The lowest BCUT2D eigenvalue weighted by atomic mass is 10.2. The fraction of sp³-hybridized carbons (Fsp3) is 0.579. The Morgan fingerprint density at radius 3 is 2.22 bits per heavy atom. The summed E-state index contributed by atoms with van der Waals surface area (Å²) in [6.45, 7) is 5.03. The Morgan fingerprint density at radius 2 is 1.67 bits per heavy atom. The second kappa shape index (κ2) is 10.7. The number of nitrogens with one attached hydrogen (secondary N) is 1. The van der Waals surface area contributed by atoms with Crippen molar-refractivity contribution in [3.05, 3.63) is 35.9 Å². The third kappa shape index (κ3) is 5.93. The van der Waals surface area contributed by atoms with Gasteiger partial charge in [0.25, 0.3) is 0 Å². The first-order valence-electron chi connectivity index (χ1n) is 8.88. The van der Waals surface area contributed by atoms with E-state index in [1.165, 1.54) is 21.0 Å². The van der Waals surface area contributed by atoms with Gasteiger partial charge >= 0.3 is 11.9 Å². The number of ether oxygens (including phenoxy) is 3. The fourth-order valence-corrected chi connectivity index (χ4v) is 4.45. The number of thioether (sulfide) groups is 1. The first-order valence-corrected chi connectivity index (χ1v) is 9.92. The monoisotopic (exact) mass is 397 g/mol. The van der Waals surface area contributed by atoms with Gasteiger partial charge in [-0.2, -0.15) is 17.2 Å². The van der Waals surface area contributed by atoms with E-state index in [4.69, 9.17) is 19.0 Å². The van der Waals surface area contributed by atoms with Gasteiger partial charge in [-0.15, -0.1) is 0 Å². The molecule has 7 nitrogen and oxygen atoms in total. The van der Waals surface area contributed by atoms with Gasteiger partial charge < -0.3 is 19.0 Å². The highest BCUT2D eigenvalue weighted by atomic mass is 32.2. The highest BCUT2D eigenvalue weighted by molar-refractivity contribution is 8.00. The van der Waals surface area contributed by atoms with Crippen molar-refractivity contribution in [3.63, 3.8) is 0 Å². The van der Waals surface area contributed by atoms with Crippen molar-refractivity contribution in [1.29, 1.82) is 0 Å². The molecule has 0 amide bonds. The Hall–Kier alpha value is -1.61. The summed E-state index contributed by atoms with van der Waals surface area (Å²) in [6.07, 6.45) is -1.84. The predicted octanol–water partition coefficient (Wildman–Crippen LogP) is 2.09. The molecule has 0 aromatic heterocycles. The van der Waals surface area contributed by atoms with Gasteiger partial charge in [-0.1, -0.05) is 37.3 Å². The molecular weight excluding hydrogens is 370 g/mol. The Morgan fingerprint density at radius 1 is 1.04 bits per heavy atom. The predicted molar refractivity (Wildman–Crippen MR) is 102 cm³/mol. The van der Waals surface area contributed by atoms with Crippen LogP contribution in [0.3, 0.4) is 0 Å². The van der Waals surface area contributed by atoms with Crippen molar-refractivity contribution >= 4 is 23.7 Å². The maximum absolute atomic E-state index is 11.7. The zero-order chi connectivity index (χ0) is 19.8. The van der Waals surface area contributed by atoms with Gasteiger partial charge in [-0.05, 0) is 11.3 Å². The summed E-state index contributed by atoms with van der Waals surface area (Å²) in [5.41, 5.74) is 3.87. The van der Waals surface area contributed by atoms with E-state index < -0.39 is 30.3 Å². The molecule has 0 saturated heterocycles. The van der Waals surface area contributed by atoms with Crippen LogP contribution in [0.25, 0.3) is 0 Å². The molecule has 0 spiro atoms. The summed E-state index contributed by atoms with van der Waals surface area (Å²) in [5.74, 6) is -0.0442. The van der Waals surface area contributed by atoms with Crippen LogP contribution < -0.4 is 5.48 Å². The van der Waals surface area contributed by atoms with Crippen molar-refractivity contribution in [1.82, 2.24) is 5.48 Å². The maximum atomic E-state index is 11.7. The summed E-state index contributed by atoms with van der Waals surface area (Å²) in [5, 5.41) is -0.191. The quantitative estimate of drug-likeness (QED) is 0.501. The minimum Gasteiger partial charge on any atom is -0.458 e. The second-order valence-corrected chi connectivity index (χ2v) is 7.63. The molecule has 1 aromatic carbocycles. The first-order chi connectivity index (χ1) is 13.0. The Bertz CT molecular complexity index is 581. The number of hydroxylamine groups is 1. The summed E-state index contributed by atoms with van der Waals surface area (Å²) >= 11 is 1.60. The molecule has 150 valence electrons. The number of esters is 2. The smallest absolute Gasteiger partial charge is 0.303 e. The average molecular weight is 397 g/mol. The molecule has 1 aliphatic carbocycles. The molecule has 2 rings (SSSR count). The molecule has 1 aromatic rings. The van der Waals surface area contributed by atoms with Crippen molar-refractivity contribution < 1.29 is 28.6 Å².